The minimum absolute atomic E-state index is 0.143. The second-order valence-electron chi connectivity index (χ2n) is 2.80. The molecule has 66 valence electrons. The average Bonchev–Trinajstić information content (AvgIpc) is 2.03. The predicted molar refractivity (Wildman–Crippen MR) is 44.9 cm³/mol. The number of halogens is 1. The number of rotatable bonds is 2. The van der Waals surface area contributed by atoms with Crippen LogP contribution in [0.25, 0.3) is 0 Å². The molecule has 0 fully saturated rings. The van der Waals surface area contributed by atoms with Crippen molar-refractivity contribution in [3.8, 4) is 0 Å². The summed E-state index contributed by atoms with van der Waals surface area (Å²) >= 11 is 0. The third kappa shape index (κ3) is 1.81. The molecule has 0 radical (unpaired) electrons. The molecule has 12 heavy (non-hydrogen) atoms. The highest BCUT2D eigenvalue weighted by atomic mass is 19.1. The fourth-order valence-corrected chi connectivity index (χ4v) is 1.04. The van der Waals surface area contributed by atoms with Crippen LogP contribution in [0.5, 0.6) is 0 Å². The summed E-state index contributed by atoms with van der Waals surface area (Å²) in [7, 11) is 0. The monoisotopic (exact) mass is 169 g/mol. The Hall–Kier alpha value is -0.930. The molecule has 1 aromatic carbocycles. The third-order valence-electron chi connectivity index (χ3n) is 1.74. The lowest BCUT2D eigenvalue weighted by molar-refractivity contribution is 0.281. The lowest BCUT2D eigenvalue weighted by atomic mass is 10.1. The molecule has 1 atom stereocenters. The Morgan fingerprint density at radius 2 is 2.25 bits per heavy atom. The summed E-state index contributed by atoms with van der Waals surface area (Å²) in [6.07, 6.45) is 0. The first-order valence-electron chi connectivity index (χ1n) is 3.80. The summed E-state index contributed by atoms with van der Waals surface area (Å²) in [5.74, 6) is -0.350. The fourth-order valence-electron chi connectivity index (χ4n) is 1.04. The topological polar surface area (TPSA) is 46.2 Å². The van der Waals surface area contributed by atoms with Gasteiger partial charge in [0.1, 0.15) is 5.82 Å². The normalized spacial score (nSPS) is 13.0. The van der Waals surface area contributed by atoms with Crippen molar-refractivity contribution in [3.05, 3.63) is 35.1 Å². The van der Waals surface area contributed by atoms with Gasteiger partial charge in [0.15, 0.2) is 0 Å². The average molecular weight is 169 g/mol. The molecule has 3 heteroatoms. The molecule has 0 amide bonds. The van der Waals surface area contributed by atoms with E-state index in [4.69, 9.17) is 10.8 Å². The van der Waals surface area contributed by atoms with Crippen LogP contribution in [0.4, 0.5) is 4.39 Å². The van der Waals surface area contributed by atoms with Gasteiger partial charge in [0.2, 0.25) is 0 Å². The van der Waals surface area contributed by atoms with Gasteiger partial charge in [0, 0.05) is 11.6 Å². The molecule has 0 aromatic heterocycles. The van der Waals surface area contributed by atoms with Crippen molar-refractivity contribution >= 4 is 0 Å². The maximum absolute atomic E-state index is 13.1. The summed E-state index contributed by atoms with van der Waals surface area (Å²) in [5.41, 5.74) is 6.55. The Kier molecular flexibility index (Phi) is 2.78. The van der Waals surface area contributed by atoms with Crippen LogP contribution < -0.4 is 5.73 Å². The molecule has 1 aromatic rings. The third-order valence-corrected chi connectivity index (χ3v) is 1.74. The molecule has 1 rings (SSSR count). The van der Waals surface area contributed by atoms with Gasteiger partial charge in [-0.05, 0) is 18.6 Å². The molecule has 0 saturated carbocycles. The Bertz CT molecular complexity index is 273. The minimum Gasteiger partial charge on any atom is -0.392 e. The molecule has 2 nitrogen and oxygen atoms in total. The molecular formula is C9H12FNO. The number of aliphatic hydroxyl groups is 1. The van der Waals surface area contributed by atoms with Gasteiger partial charge in [0.25, 0.3) is 0 Å². The zero-order valence-electron chi connectivity index (χ0n) is 6.92. The largest absolute Gasteiger partial charge is 0.392 e. The lowest BCUT2D eigenvalue weighted by Crippen LogP contribution is -2.07. The molecule has 0 aliphatic carbocycles. The van der Waals surface area contributed by atoms with E-state index in [0.29, 0.717) is 11.1 Å². The fraction of sp³-hybridized carbons (Fsp3) is 0.333. The number of hydrogen-bond donors (Lipinski definition) is 2. The van der Waals surface area contributed by atoms with Gasteiger partial charge in [-0.1, -0.05) is 12.1 Å². The summed E-state index contributed by atoms with van der Waals surface area (Å²) in [6.45, 7) is 1.58. The van der Waals surface area contributed by atoms with E-state index in [1.165, 1.54) is 6.07 Å². The van der Waals surface area contributed by atoms with Gasteiger partial charge in [-0.3, -0.25) is 0 Å². The second-order valence-corrected chi connectivity index (χ2v) is 2.80. The van der Waals surface area contributed by atoms with Crippen LogP contribution in [0.1, 0.15) is 24.1 Å². The van der Waals surface area contributed by atoms with Crippen molar-refractivity contribution in [3.63, 3.8) is 0 Å². The minimum atomic E-state index is -0.350. The molecule has 0 heterocycles. The Morgan fingerprint density at radius 3 is 2.67 bits per heavy atom. The van der Waals surface area contributed by atoms with Crippen molar-refractivity contribution < 1.29 is 9.50 Å². The van der Waals surface area contributed by atoms with Crippen LogP contribution in [0.3, 0.4) is 0 Å². The van der Waals surface area contributed by atoms with Crippen molar-refractivity contribution in [2.24, 2.45) is 5.73 Å². The first-order valence-corrected chi connectivity index (χ1v) is 3.80. The van der Waals surface area contributed by atoms with Gasteiger partial charge in [0.05, 0.1) is 6.61 Å². The molecule has 0 bridgehead atoms. The SMILES string of the molecule is C[C@H](N)c1ccc(CO)cc1F. The zero-order chi connectivity index (χ0) is 9.14. The van der Waals surface area contributed by atoms with Gasteiger partial charge in [-0.15, -0.1) is 0 Å². The highest BCUT2D eigenvalue weighted by molar-refractivity contribution is 5.25. The van der Waals surface area contributed by atoms with E-state index in [9.17, 15) is 4.39 Å². The Balaban J connectivity index is 3.03. The zero-order valence-corrected chi connectivity index (χ0v) is 6.92. The standard InChI is InChI=1S/C9H12FNO/c1-6(11)8-3-2-7(5-12)4-9(8)10/h2-4,6,12H,5,11H2,1H3/t6-/m0/s1. The van der Waals surface area contributed by atoms with E-state index in [0.717, 1.165) is 0 Å². The highest BCUT2D eigenvalue weighted by Crippen LogP contribution is 2.15. The van der Waals surface area contributed by atoms with E-state index >= 15 is 0 Å². The summed E-state index contributed by atoms with van der Waals surface area (Å²) < 4.78 is 13.1. The molecule has 0 aliphatic rings. The Labute approximate surface area is 70.8 Å². The number of benzene rings is 1. The van der Waals surface area contributed by atoms with E-state index in [-0.39, 0.29) is 18.5 Å². The van der Waals surface area contributed by atoms with E-state index in [1.54, 1.807) is 19.1 Å². The van der Waals surface area contributed by atoms with Crippen molar-refractivity contribution in [2.45, 2.75) is 19.6 Å². The first kappa shape index (κ1) is 9.16. The molecule has 3 N–H and O–H groups in total. The maximum Gasteiger partial charge on any atom is 0.128 e. The lowest BCUT2D eigenvalue weighted by Gasteiger charge is -2.07. The molecule has 0 aliphatic heterocycles. The van der Waals surface area contributed by atoms with Crippen LogP contribution in [0, 0.1) is 5.82 Å². The Morgan fingerprint density at radius 1 is 1.58 bits per heavy atom. The quantitative estimate of drug-likeness (QED) is 0.701. The van der Waals surface area contributed by atoms with Gasteiger partial charge < -0.3 is 10.8 Å². The van der Waals surface area contributed by atoms with E-state index < -0.39 is 0 Å². The molecule has 0 spiro atoms. The number of hydrogen-bond acceptors (Lipinski definition) is 2. The van der Waals surface area contributed by atoms with Crippen LogP contribution in [-0.2, 0) is 6.61 Å². The maximum atomic E-state index is 13.1. The predicted octanol–water partition coefficient (Wildman–Crippen LogP) is 1.34. The smallest absolute Gasteiger partial charge is 0.128 e. The summed E-state index contributed by atoms with van der Waals surface area (Å²) in [6, 6.07) is 4.27. The summed E-state index contributed by atoms with van der Waals surface area (Å²) in [4.78, 5) is 0. The highest BCUT2D eigenvalue weighted by Gasteiger charge is 2.06. The van der Waals surface area contributed by atoms with Crippen LogP contribution in [0.2, 0.25) is 0 Å². The van der Waals surface area contributed by atoms with Gasteiger partial charge >= 0.3 is 0 Å². The van der Waals surface area contributed by atoms with Crippen LogP contribution in [0.15, 0.2) is 18.2 Å². The van der Waals surface area contributed by atoms with Gasteiger partial charge in [-0.25, -0.2) is 4.39 Å². The second kappa shape index (κ2) is 3.65. The number of aliphatic hydroxyl groups excluding tert-OH is 1. The molecular weight excluding hydrogens is 157 g/mol. The molecule has 0 unspecified atom stereocenters. The molecule has 0 saturated heterocycles. The summed E-state index contributed by atoms with van der Waals surface area (Å²) in [5, 5.41) is 8.69. The first-order chi connectivity index (χ1) is 5.65. The van der Waals surface area contributed by atoms with E-state index in [2.05, 4.69) is 0 Å². The van der Waals surface area contributed by atoms with Crippen molar-refractivity contribution in [1.82, 2.24) is 0 Å². The van der Waals surface area contributed by atoms with E-state index in [1.807, 2.05) is 0 Å². The van der Waals surface area contributed by atoms with Crippen molar-refractivity contribution in [2.75, 3.05) is 0 Å². The van der Waals surface area contributed by atoms with Crippen molar-refractivity contribution in [1.29, 1.82) is 0 Å². The van der Waals surface area contributed by atoms with Gasteiger partial charge in [-0.2, -0.15) is 0 Å². The number of nitrogens with two attached hydrogens (primary N) is 1. The van der Waals surface area contributed by atoms with Crippen LogP contribution in [-0.4, -0.2) is 5.11 Å². The van der Waals surface area contributed by atoms with Crippen LogP contribution >= 0.6 is 0 Å².